The van der Waals surface area contributed by atoms with Crippen LogP contribution in [-0.4, -0.2) is 26.1 Å². The Balaban J connectivity index is 1.87. The van der Waals surface area contributed by atoms with Gasteiger partial charge < -0.3 is 15.0 Å². The number of carbonyl (C=O) groups is 1. The molecule has 24 heavy (non-hydrogen) atoms. The number of ether oxygens (including phenoxy) is 1. The maximum absolute atomic E-state index is 12.2. The van der Waals surface area contributed by atoms with E-state index in [0.717, 1.165) is 23.5 Å². The van der Waals surface area contributed by atoms with Crippen LogP contribution in [0.4, 0.5) is 11.4 Å². The molecule has 0 spiro atoms. The number of nitrogens with zero attached hydrogens (tertiary/aromatic N) is 1. The number of carbonyl (C=O) groups excluding carboxylic acids is 1. The van der Waals surface area contributed by atoms with E-state index in [1.54, 1.807) is 0 Å². The van der Waals surface area contributed by atoms with Gasteiger partial charge in [-0.15, -0.1) is 0 Å². The largest absolute Gasteiger partial charge is 0.494 e. The van der Waals surface area contributed by atoms with Crippen molar-refractivity contribution in [3.8, 4) is 5.75 Å². The number of para-hydroxylation sites is 1. The lowest BCUT2D eigenvalue weighted by Gasteiger charge is -2.18. The standard InChI is InChI=1S/C20H26N2O2/c1-16(2)12-13-24-19-11-7-8-17(14-19)21-20(23)15-22(3)18-9-5-4-6-10-18/h4-11,14,16H,12-13,15H2,1-3H3,(H,21,23). The molecule has 0 saturated heterocycles. The molecule has 0 heterocycles. The number of amides is 1. The summed E-state index contributed by atoms with van der Waals surface area (Å²) in [6, 6.07) is 17.4. The van der Waals surface area contributed by atoms with Crippen LogP contribution in [0.5, 0.6) is 5.75 Å². The van der Waals surface area contributed by atoms with Gasteiger partial charge in [-0.05, 0) is 36.6 Å². The summed E-state index contributed by atoms with van der Waals surface area (Å²) < 4.78 is 5.73. The zero-order chi connectivity index (χ0) is 17.4. The summed E-state index contributed by atoms with van der Waals surface area (Å²) in [5.41, 5.74) is 1.77. The lowest BCUT2D eigenvalue weighted by Crippen LogP contribution is -2.29. The van der Waals surface area contributed by atoms with Crippen LogP contribution in [0.3, 0.4) is 0 Å². The van der Waals surface area contributed by atoms with Crippen molar-refractivity contribution in [3.05, 3.63) is 54.6 Å². The van der Waals surface area contributed by atoms with Gasteiger partial charge in [0, 0.05) is 24.5 Å². The van der Waals surface area contributed by atoms with Crippen LogP contribution in [-0.2, 0) is 4.79 Å². The molecule has 0 aromatic heterocycles. The van der Waals surface area contributed by atoms with Crippen LogP contribution in [0.2, 0.25) is 0 Å². The Labute approximate surface area is 144 Å². The molecular formula is C20H26N2O2. The van der Waals surface area contributed by atoms with E-state index in [1.807, 2.05) is 66.5 Å². The van der Waals surface area contributed by atoms with E-state index < -0.39 is 0 Å². The average molecular weight is 326 g/mol. The van der Waals surface area contributed by atoms with Gasteiger partial charge in [0.15, 0.2) is 0 Å². The van der Waals surface area contributed by atoms with Crippen molar-refractivity contribution >= 4 is 17.3 Å². The van der Waals surface area contributed by atoms with E-state index in [0.29, 0.717) is 19.1 Å². The predicted octanol–water partition coefficient (Wildman–Crippen LogP) is 4.19. The number of rotatable bonds is 8. The average Bonchev–Trinajstić information content (AvgIpc) is 2.55. The molecule has 4 heteroatoms. The molecule has 0 unspecified atom stereocenters. The van der Waals surface area contributed by atoms with Crippen molar-refractivity contribution in [1.82, 2.24) is 0 Å². The summed E-state index contributed by atoms with van der Waals surface area (Å²) >= 11 is 0. The summed E-state index contributed by atoms with van der Waals surface area (Å²) in [6.07, 6.45) is 1.01. The van der Waals surface area contributed by atoms with Gasteiger partial charge in [-0.25, -0.2) is 0 Å². The molecule has 0 aliphatic carbocycles. The minimum absolute atomic E-state index is 0.0549. The van der Waals surface area contributed by atoms with Gasteiger partial charge in [0.1, 0.15) is 5.75 Å². The van der Waals surface area contributed by atoms with Gasteiger partial charge in [-0.2, -0.15) is 0 Å². The summed E-state index contributed by atoms with van der Waals surface area (Å²) in [4.78, 5) is 14.1. The summed E-state index contributed by atoms with van der Waals surface area (Å²) in [5.74, 6) is 1.34. The minimum Gasteiger partial charge on any atom is -0.494 e. The highest BCUT2D eigenvalue weighted by atomic mass is 16.5. The number of hydrogen-bond acceptors (Lipinski definition) is 3. The highest BCUT2D eigenvalue weighted by molar-refractivity contribution is 5.94. The van der Waals surface area contributed by atoms with E-state index in [2.05, 4.69) is 19.2 Å². The van der Waals surface area contributed by atoms with Crippen molar-refractivity contribution in [2.24, 2.45) is 5.92 Å². The zero-order valence-corrected chi connectivity index (χ0v) is 14.7. The number of anilines is 2. The topological polar surface area (TPSA) is 41.6 Å². The summed E-state index contributed by atoms with van der Waals surface area (Å²) in [7, 11) is 1.90. The Kier molecular flexibility index (Phi) is 6.67. The van der Waals surface area contributed by atoms with Gasteiger partial charge in [-0.3, -0.25) is 4.79 Å². The van der Waals surface area contributed by atoms with Gasteiger partial charge in [0.25, 0.3) is 0 Å². The molecule has 2 aromatic rings. The van der Waals surface area contributed by atoms with Crippen molar-refractivity contribution < 1.29 is 9.53 Å². The molecule has 2 rings (SSSR count). The van der Waals surface area contributed by atoms with Gasteiger partial charge in [0.05, 0.1) is 13.2 Å². The normalized spacial score (nSPS) is 10.5. The second-order valence-electron chi connectivity index (χ2n) is 6.30. The van der Waals surface area contributed by atoms with E-state index in [-0.39, 0.29) is 5.91 Å². The van der Waals surface area contributed by atoms with Crippen LogP contribution in [0.1, 0.15) is 20.3 Å². The number of likely N-dealkylation sites (N-methyl/N-ethyl adjacent to an activating group) is 1. The quantitative estimate of drug-likeness (QED) is 0.791. The lowest BCUT2D eigenvalue weighted by molar-refractivity contribution is -0.114. The fourth-order valence-corrected chi connectivity index (χ4v) is 2.27. The fraction of sp³-hybridized carbons (Fsp3) is 0.350. The smallest absolute Gasteiger partial charge is 0.243 e. The maximum atomic E-state index is 12.2. The second-order valence-corrected chi connectivity index (χ2v) is 6.30. The fourth-order valence-electron chi connectivity index (χ4n) is 2.27. The highest BCUT2D eigenvalue weighted by Gasteiger charge is 2.08. The Morgan fingerprint density at radius 2 is 1.88 bits per heavy atom. The molecule has 2 aromatic carbocycles. The zero-order valence-electron chi connectivity index (χ0n) is 14.7. The van der Waals surface area contributed by atoms with Crippen LogP contribution >= 0.6 is 0 Å². The molecule has 0 aliphatic heterocycles. The second kappa shape index (κ2) is 8.96. The number of hydrogen-bond donors (Lipinski definition) is 1. The molecule has 0 radical (unpaired) electrons. The monoisotopic (exact) mass is 326 g/mol. The third kappa shape index (κ3) is 5.95. The first-order valence-electron chi connectivity index (χ1n) is 8.33. The Bertz CT molecular complexity index is 641. The predicted molar refractivity (Wildman–Crippen MR) is 99.7 cm³/mol. The van der Waals surface area contributed by atoms with Crippen molar-refractivity contribution in [3.63, 3.8) is 0 Å². The molecule has 4 nitrogen and oxygen atoms in total. The van der Waals surface area contributed by atoms with E-state index >= 15 is 0 Å². The van der Waals surface area contributed by atoms with Crippen molar-refractivity contribution in [1.29, 1.82) is 0 Å². The maximum Gasteiger partial charge on any atom is 0.243 e. The van der Waals surface area contributed by atoms with Crippen molar-refractivity contribution in [2.45, 2.75) is 20.3 Å². The summed E-state index contributed by atoms with van der Waals surface area (Å²) in [6.45, 7) is 5.32. The molecule has 0 aliphatic rings. The highest BCUT2D eigenvalue weighted by Crippen LogP contribution is 2.18. The first-order chi connectivity index (χ1) is 11.5. The summed E-state index contributed by atoms with van der Waals surface area (Å²) in [5, 5.41) is 2.92. The molecule has 0 saturated carbocycles. The lowest BCUT2D eigenvalue weighted by atomic mass is 10.1. The molecule has 0 fully saturated rings. The van der Waals surface area contributed by atoms with Crippen LogP contribution in [0.25, 0.3) is 0 Å². The Hall–Kier alpha value is -2.49. The van der Waals surface area contributed by atoms with Crippen LogP contribution < -0.4 is 15.0 Å². The number of benzene rings is 2. The van der Waals surface area contributed by atoms with E-state index in [1.165, 1.54) is 0 Å². The molecule has 128 valence electrons. The Morgan fingerprint density at radius 1 is 1.12 bits per heavy atom. The van der Waals surface area contributed by atoms with Crippen LogP contribution in [0, 0.1) is 5.92 Å². The molecule has 0 atom stereocenters. The minimum atomic E-state index is -0.0549. The van der Waals surface area contributed by atoms with Crippen LogP contribution in [0.15, 0.2) is 54.6 Å². The molecule has 1 amide bonds. The first kappa shape index (κ1) is 17.9. The van der Waals surface area contributed by atoms with Crippen molar-refractivity contribution in [2.75, 3.05) is 30.4 Å². The van der Waals surface area contributed by atoms with E-state index in [4.69, 9.17) is 4.74 Å². The molecule has 0 bridgehead atoms. The first-order valence-corrected chi connectivity index (χ1v) is 8.33. The van der Waals surface area contributed by atoms with Gasteiger partial charge in [-0.1, -0.05) is 38.1 Å². The number of nitrogens with one attached hydrogen (secondary N) is 1. The SMILES string of the molecule is CC(C)CCOc1cccc(NC(=O)CN(C)c2ccccc2)c1. The molecular weight excluding hydrogens is 300 g/mol. The van der Waals surface area contributed by atoms with Gasteiger partial charge in [0.2, 0.25) is 5.91 Å². The Morgan fingerprint density at radius 3 is 2.58 bits per heavy atom. The van der Waals surface area contributed by atoms with Gasteiger partial charge >= 0.3 is 0 Å². The third-order valence-electron chi connectivity index (χ3n) is 3.66. The third-order valence-corrected chi connectivity index (χ3v) is 3.66. The van der Waals surface area contributed by atoms with E-state index in [9.17, 15) is 4.79 Å². The molecule has 1 N–H and O–H groups in total.